The molecule has 0 aromatic carbocycles. The van der Waals surface area contributed by atoms with E-state index in [9.17, 15) is 0 Å². The maximum atomic E-state index is 3.53. The lowest BCUT2D eigenvalue weighted by Crippen LogP contribution is -2.46. The molecule has 1 aliphatic carbocycles. The molecule has 1 nitrogen and oxygen atoms in total. The predicted molar refractivity (Wildman–Crippen MR) is 50.1 cm³/mol. The van der Waals surface area contributed by atoms with Crippen molar-refractivity contribution < 1.29 is 0 Å². The zero-order valence-corrected chi connectivity index (χ0v) is 7.73. The first-order valence-corrected chi connectivity index (χ1v) is 4.32. The van der Waals surface area contributed by atoms with E-state index in [1.54, 1.807) is 0 Å². The maximum absolute atomic E-state index is 3.53. The molecule has 1 fully saturated rings. The highest BCUT2D eigenvalue weighted by Gasteiger charge is 2.29. The van der Waals surface area contributed by atoms with Gasteiger partial charge >= 0.3 is 0 Å². The Morgan fingerprint density at radius 2 is 2.27 bits per heavy atom. The number of hydrogen-bond donors (Lipinski definition) is 1. The molecular weight excluding hydrogens is 158 g/mol. The van der Waals surface area contributed by atoms with Crippen molar-refractivity contribution in [1.29, 1.82) is 0 Å². The molecule has 64 valence electrons. The van der Waals surface area contributed by atoms with Gasteiger partial charge in [0.05, 0.1) is 0 Å². The minimum Gasteiger partial charge on any atom is -0.310 e. The first-order valence-electron chi connectivity index (χ1n) is 4.32. The van der Waals surface area contributed by atoms with Gasteiger partial charge in [-0.2, -0.15) is 0 Å². The van der Waals surface area contributed by atoms with E-state index in [4.69, 9.17) is 0 Å². The van der Waals surface area contributed by atoms with E-state index < -0.39 is 0 Å². The molecule has 2 aliphatic heterocycles. The summed E-state index contributed by atoms with van der Waals surface area (Å²) in [7, 11) is 0. The minimum absolute atomic E-state index is 0. The summed E-state index contributed by atoms with van der Waals surface area (Å²) < 4.78 is 0. The van der Waals surface area contributed by atoms with Gasteiger partial charge in [-0.05, 0) is 18.3 Å². The van der Waals surface area contributed by atoms with Crippen LogP contribution in [0.2, 0.25) is 0 Å². The molecule has 0 spiro atoms. The normalized spacial score (nSPS) is 40.3. The molecule has 3 aliphatic rings. The first-order chi connectivity index (χ1) is 4.90. The van der Waals surface area contributed by atoms with Crippen LogP contribution in [0.15, 0.2) is 12.2 Å². The Hall–Kier alpha value is -0.0100. The number of hydrogen-bond acceptors (Lipinski definition) is 1. The van der Waals surface area contributed by atoms with E-state index in [2.05, 4.69) is 24.4 Å². The third-order valence-electron chi connectivity index (χ3n) is 2.84. The minimum atomic E-state index is 0. The van der Waals surface area contributed by atoms with Crippen molar-refractivity contribution in [2.24, 2.45) is 11.8 Å². The van der Waals surface area contributed by atoms with Crippen LogP contribution in [0.3, 0.4) is 0 Å². The highest BCUT2D eigenvalue weighted by atomic mass is 35.5. The Morgan fingerprint density at radius 3 is 2.55 bits per heavy atom. The van der Waals surface area contributed by atoms with E-state index >= 15 is 0 Å². The van der Waals surface area contributed by atoms with Crippen LogP contribution >= 0.6 is 12.4 Å². The molecule has 1 saturated heterocycles. The van der Waals surface area contributed by atoms with Crippen LogP contribution in [0.1, 0.15) is 19.8 Å². The molecule has 2 heteroatoms. The van der Waals surface area contributed by atoms with Crippen molar-refractivity contribution in [1.82, 2.24) is 5.32 Å². The first kappa shape index (κ1) is 9.08. The Bertz CT molecular complexity index is 156. The fourth-order valence-corrected chi connectivity index (χ4v) is 2.14. The van der Waals surface area contributed by atoms with Crippen molar-refractivity contribution in [2.75, 3.05) is 6.54 Å². The molecule has 3 rings (SSSR count). The van der Waals surface area contributed by atoms with Gasteiger partial charge in [-0.25, -0.2) is 0 Å². The number of rotatable bonds is 1. The summed E-state index contributed by atoms with van der Waals surface area (Å²) in [5.41, 5.74) is 0. The number of fused-ring (bicyclic) bond motifs is 2. The zero-order chi connectivity index (χ0) is 6.97. The topological polar surface area (TPSA) is 12.0 Å². The summed E-state index contributed by atoms with van der Waals surface area (Å²) >= 11 is 0. The molecule has 2 heterocycles. The van der Waals surface area contributed by atoms with Crippen LogP contribution in [0.5, 0.6) is 0 Å². The summed E-state index contributed by atoms with van der Waals surface area (Å²) in [6.07, 6.45) is 7.49. The average molecular weight is 174 g/mol. The van der Waals surface area contributed by atoms with Gasteiger partial charge in [-0.15, -0.1) is 12.4 Å². The highest BCUT2D eigenvalue weighted by Crippen LogP contribution is 2.29. The smallest absolute Gasteiger partial charge is 0.0278 e. The fourth-order valence-electron chi connectivity index (χ4n) is 2.14. The van der Waals surface area contributed by atoms with Gasteiger partial charge in [0, 0.05) is 12.6 Å². The van der Waals surface area contributed by atoms with Crippen molar-refractivity contribution in [3.8, 4) is 0 Å². The Labute approximate surface area is 74.7 Å². The number of piperidine rings is 1. The standard InChI is InChI=1S/C9H15N.ClH/c1-2-8-5-7-3-4-9(8)10-6-7;/h3-4,7-10H,2,5-6H2,1H3;1H/t7-,8?,9+;/m0./s1. The monoisotopic (exact) mass is 173 g/mol. The van der Waals surface area contributed by atoms with Crippen molar-refractivity contribution >= 4 is 12.4 Å². The quantitative estimate of drug-likeness (QED) is 0.598. The molecule has 0 radical (unpaired) electrons. The van der Waals surface area contributed by atoms with Crippen LogP contribution < -0.4 is 5.32 Å². The van der Waals surface area contributed by atoms with Gasteiger partial charge in [0.25, 0.3) is 0 Å². The molecule has 0 amide bonds. The van der Waals surface area contributed by atoms with Gasteiger partial charge in [0.2, 0.25) is 0 Å². The van der Waals surface area contributed by atoms with Crippen LogP contribution in [0, 0.1) is 11.8 Å². The van der Waals surface area contributed by atoms with Gasteiger partial charge in [0.1, 0.15) is 0 Å². The number of halogens is 1. The SMILES string of the molecule is CCC1C[C@@H]2C=C[C@H]1NC2.Cl. The molecule has 3 atom stereocenters. The van der Waals surface area contributed by atoms with Crippen LogP contribution in [0.25, 0.3) is 0 Å². The summed E-state index contributed by atoms with van der Waals surface area (Å²) in [5.74, 6) is 1.76. The van der Waals surface area contributed by atoms with Gasteiger partial charge in [-0.1, -0.05) is 25.5 Å². The second kappa shape index (κ2) is 3.59. The lowest BCUT2D eigenvalue weighted by molar-refractivity contribution is 0.250. The van der Waals surface area contributed by atoms with Crippen LogP contribution in [-0.2, 0) is 0 Å². The molecule has 0 saturated carbocycles. The second-order valence-corrected chi connectivity index (χ2v) is 3.48. The molecule has 0 aromatic rings. The summed E-state index contributed by atoms with van der Waals surface area (Å²) in [6.45, 7) is 3.51. The van der Waals surface area contributed by atoms with Gasteiger partial charge in [-0.3, -0.25) is 0 Å². The number of nitrogens with one attached hydrogen (secondary N) is 1. The van der Waals surface area contributed by atoms with Gasteiger partial charge in [0.15, 0.2) is 0 Å². The van der Waals surface area contributed by atoms with Gasteiger partial charge < -0.3 is 5.32 Å². The maximum Gasteiger partial charge on any atom is 0.0278 e. The lowest BCUT2D eigenvalue weighted by Gasteiger charge is -2.38. The molecule has 0 aromatic heterocycles. The summed E-state index contributed by atoms with van der Waals surface area (Å²) in [6, 6.07) is 0.704. The molecule has 11 heavy (non-hydrogen) atoms. The average Bonchev–Trinajstić information content (AvgIpc) is 2.06. The molecule has 1 unspecified atom stereocenters. The van der Waals surface area contributed by atoms with E-state index in [0.29, 0.717) is 6.04 Å². The third-order valence-corrected chi connectivity index (χ3v) is 2.84. The predicted octanol–water partition coefficient (Wildman–Crippen LogP) is 1.98. The Kier molecular flexibility index (Phi) is 2.97. The van der Waals surface area contributed by atoms with E-state index in [0.717, 1.165) is 11.8 Å². The third kappa shape index (κ3) is 1.60. The van der Waals surface area contributed by atoms with E-state index in [1.165, 1.54) is 19.4 Å². The van der Waals surface area contributed by atoms with Crippen molar-refractivity contribution in [2.45, 2.75) is 25.8 Å². The summed E-state index contributed by atoms with van der Waals surface area (Å²) in [5, 5.41) is 3.53. The largest absolute Gasteiger partial charge is 0.310 e. The van der Waals surface area contributed by atoms with Crippen LogP contribution in [-0.4, -0.2) is 12.6 Å². The molecule has 1 N–H and O–H groups in total. The van der Waals surface area contributed by atoms with Crippen molar-refractivity contribution in [3.63, 3.8) is 0 Å². The second-order valence-electron chi connectivity index (χ2n) is 3.48. The fraction of sp³-hybridized carbons (Fsp3) is 0.778. The van der Waals surface area contributed by atoms with E-state index in [-0.39, 0.29) is 12.4 Å². The van der Waals surface area contributed by atoms with E-state index in [1.807, 2.05) is 0 Å². The molecular formula is C9H16ClN. The van der Waals surface area contributed by atoms with Crippen LogP contribution in [0.4, 0.5) is 0 Å². The lowest BCUT2D eigenvalue weighted by atomic mass is 9.78. The molecule has 2 bridgehead atoms. The zero-order valence-electron chi connectivity index (χ0n) is 6.92. The summed E-state index contributed by atoms with van der Waals surface area (Å²) in [4.78, 5) is 0. The Morgan fingerprint density at radius 1 is 1.45 bits per heavy atom. The highest BCUT2D eigenvalue weighted by molar-refractivity contribution is 5.85. The Balaban J connectivity index is 0.000000605. The van der Waals surface area contributed by atoms with Crippen molar-refractivity contribution in [3.05, 3.63) is 12.2 Å².